The lowest BCUT2D eigenvalue weighted by Gasteiger charge is -2.17. The molecule has 3 heteroatoms. The van der Waals surface area contributed by atoms with Gasteiger partial charge in [0.15, 0.2) is 16.8 Å². The molecule has 0 aliphatic carbocycles. The molecule has 0 aliphatic heterocycles. The summed E-state index contributed by atoms with van der Waals surface area (Å²) in [7, 11) is 0.703. The second kappa shape index (κ2) is 5.17. The molecule has 0 heterocycles. The van der Waals surface area contributed by atoms with Crippen molar-refractivity contribution >= 4 is 10.5 Å². The van der Waals surface area contributed by atoms with Crippen LogP contribution in [0.3, 0.4) is 0 Å². The fraction of sp³-hybridized carbons (Fsp3) is 0.455. The van der Waals surface area contributed by atoms with Crippen molar-refractivity contribution in [3.05, 3.63) is 29.8 Å². The number of para-hydroxylation sites is 1. The zero-order valence-electron chi connectivity index (χ0n) is 9.28. The molecule has 1 aromatic carbocycles. The van der Waals surface area contributed by atoms with E-state index in [9.17, 15) is 0 Å². The Labute approximate surface area is 88.8 Å². The van der Waals surface area contributed by atoms with Crippen LogP contribution in [0.4, 0.5) is 0 Å². The highest BCUT2D eigenvalue weighted by atomic mass is 28.2. The first-order chi connectivity index (χ1) is 6.65. The van der Waals surface area contributed by atoms with E-state index in [0.717, 1.165) is 5.75 Å². The van der Waals surface area contributed by atoms with Crippen molar-refractivity contribution in [3.8, 4) is 5.75 Å². The summed E-state index contributed by atoms with van der Waals surface area (Å²) in [5, 5.41) is 0. The number of benzene rings is 1. The van der Waals surface area contributed by atoms with Crippen molar-refractivity contribution in [3.63, 3.8) is 0 Å². The van der Waals surface area contributed by atoms with Crippen LogP contribution in [-0.4, -0.2) is 16.8 Å². The Morgan fingerprint density at radius 2 is 1.79 bits per heavy atom. The fourth-order valence-corrected chi connectivity index (χ4v) is 1.39. The van der Waals surface area contributed by atoms with Crippen molar-refractivity contribution in [2.24, 2.45) is 0 Å². The molecule has 2 nitrogen and oxygen atoms in total. The van der Waals surface area contributed by atoms with Crippen LogP contribution in [0.25, 0.3) is 0 Å². The van der Waals surface area contributed by atoms with E-state index >= 15 is 0 Å². The summed E-state index contributed by atoms with van der Waals surface area (Å²) in [6, 6.07) is 8.11. The Morgan fingerprint density at radius 1 is 1.14 bits per heavy atom. The van der Waals surface area contributed by atoms with Crippen molar-refractivity contribution in [1.82, 2.24) is 0 Å². The highest BCUT2D eigenvalue weighted by Gasteiger charge is 2.08. The topological polar surface area (TPSA) is 18.5 Å². The van der Waals surface area contributed by atoms with Crippen molar-refractivity contribution in [2.75, 3.05) is 0 Å². The third-order valence-corrected chi connectivity index (χ3v) is 2.83. The van der Waals surface area contributed by atoms with Crippen LogP contribution in [0.5, 0.6) is 5.75 Å². The van der Waals surface area contributed by atoms with Crippen LogP contribution in [0.1, 0.15) is 32.3 Å². The first-order valence-electron chi connectivity index (χ1n) is 4.93. The maximum Gasteiger partial charge on any atom is 0.187 e. The molecule has 0 amide bonds. The second-order valence-electron chi connectivity index (χ2n) is 3.61. The van der Waals surface area contributed by atoms with Gasteiger partial charge in [-0.25, -0.2) is 0 Å². The largest absolute Gasteiger partial charge is 0.466 e. The zero-order valence-corrected chi connectivity index (χ0v) is 11.3. The summed E-state index contributed by atoms with van der Waals surface area (Å²) in [4.78, 5) is 0. The molecule has 0 fully saturated rings. The van der Waals surface area contributed by atoms with Crippen LogP contribution in [0.2, 0.25) is 0 Å². The normalized spacial score (nSPS) is 13.1. The van der Waals surface area contributed by atoms with Crippen LogP contribution >= 0.6 is 0 Å². The molecule has 0 saturated heterocycles. The molecule has 1 atom stereocenters. The molecule has 0 aromatic heterocycles. The average molecular weight is 210 g/mol. The Hall–Kier alpha value is -0.803. The van der Waals surface area contributed by atoms with Crippen molar-refractivity contribution in [2.45, 2.75) is 33.0 Å². The van der Waals surface area contributed by atoms with Gasteiger partial charge < -0.3 is 9.16 Å². The third-order valence-electron chi connectivity index (χ3n) is 2.17. The van der Waals surface area contributed by atoms with E-state index in [4.69, 9.17) is 9.16 Å². The molecule has 0 bridgehead atoms. The van der Waals surface area contributed by atoms with Gasteiger partial charge in [-0.2, -0.15) is 0 Å². The quantitative estimate of drug-likeness (QED) is 0.557. The monoisotopic (exact) mass is 210 g/mol. The molecule has 0 aliphatic rings. The predicted molar refractivity (Wildman–Crippen MR) is 61.6 cm³/mol. The summed E-state index contributed by atoms with van der Waals surface area (Å²) >= 11 is 0. The molecule has 1 unspecified atom stereocenters. The van der Waals surface area contributed by atoms with Gasteiger partial charge in [0, 0.05) is 0 Å². The van der Waals surface area contributed by atoms with Gasteiger partial charge in [-0.3, -0.25) is 0 Å². The van der Waals surface area contributed by atoms with Gasteiger partial charge in [0.1, 0.15) is 5.75 Å². The maximum atomic E-state index is 5.67. The average Bonchev–Trinajstić information content (AvgIpc) is 2.18. The highest BCUT2D eigenvalue weighted by molar-refractivity contribution is 5.98. The highest BCUT2D eigenvalue weighted by Crippen LogP contribution is 2.26. The summed E-state index contributed by atoms with van der Waals surface area (Å²) in [5.41, 5.74) is 1.23. The molecule has 14 heavy (non-hydrogen) atoms. The Bertz CT molecular complexity index is 286. The predicted octanol–water partition coefficient (Wildman–Crippen LogP) is 1.83. The van der Waals surface area contributed by atoms with Crippen molar-refractivity contribution < 1.29 is 9.16 Å². The molecule has 1 aromatic rings. The number of hydrogen-bond donors (Lipinski definition) is 0. The lowest BCUT2D eigenvalue weighted by Crippen LogP contribution is -2.15. The van der Waals surface area contributed by atoms with Crippen molar-refractivity contribution in [1.29, 1.82) is 0 Å². The molecule has 0 spiro atoms. The molecule has 78 valence electrons. The van der Waals surface area contributed by atoms with E-state index < -0.39 is 0 Å². The summed E-state index contributed by atoms with van der Waals surface area (Å²) in [5.74, 6) is 1.42. The summed E-state index contributed by atoms with van der Waals surface area (Å²) in [6.07, 6.45) is -0.137. The summed E-state index contributed by atoms with van der Waals surface area (Å²) in [6.45, 7) is 6.24. The van der Waals surface area contributed by atoms with E-state index in [1.54, 1.807) is 0 Å². The number of ether oxygens (including phenoxy) is 1. The lowest BCUT2D eigenvalue weighted by molar-refractivity contribution is 0.0286. The number of rotatable bonds is 4. The molecule has 0 N–H and O–H groups in total. The molecule has 1 rings (SSSR count). The SMILES string of the molecule is CC(O[SiH3])Oc1ccccc1C(C)C. The molecule has 0 saturated carbocycles. The third kappa shape index (κ3) is 2.85. The number of hydrogen-bond acceptors (Lipinski definition) is 2. The van der Waals surface area contributed by atoms with Gasteiger partial charge in [0.2, 0.25) is 0 Å². The van der Waals surface area contributed by atoms with E-state index in [1.807, 2.05) is 25.1 Å². The first kappa shape index (κ1) is 11.3. The van der Waals surface area contributed by atoms with Gasteiger partial charge in [-0.15, -0.1) is 0 Å². The summed E-state index contributed by atoms with van der Waals surface area (Å²) < 4.78 is 10.9. The minimum Gasteiger partial charge on any atom is -0.466 e. The molecule has 0 radical (unpaired) electrons. The van der Waals surface area contributed by atoms with Crippen LogP contribution in [-0.2, 0) is 4.43 Å². The van der Waals surface area contributed by atoms with Gasteiger partial charge >= 0.3 is 0 Å². The smallest absolute Gasteiger partial charge is 0.187 e. The standard InChI is InChI=1S/C11H18O2Si/c1-8(2)10-6-4-5-7-11(10)12-9(3)13-14/h4-9H,1-3,14H3. The van der Waals surface area contributed by atoms with Gasteiger partial charge in [-0.05, 0) is 24.5 Å². The van der Waals surface area contributed by atoms with Gasteiger partial charge in [-0.1, -0.05) is 32.0 Å². The Morgan fingerprint density at radius 3 is 2.36 bits per heavy atom. The van der Waals surface area contributed by atoms with Gasteiger partial charge in [0.05, 0.1) is 0 Å². The Balaban J connectivity index is 2.84. The van der Waals surface area contributed by atoms with Gasteiger partial charge in [0.25, 0.3) is 0 Å². The van der Waals surface area contributed by atoms with E-state index in [1.165, 1.54) is 5.56 Å². The van der Waals surface area contributed by atoms with E-state index in [2.05, 4.69) is 19.9 Å². The Kier molecular flexibility index (Phi) is 4.16. The molecular formula is C11H18O2Si. The van der Waals surface area contributed by atoms with Crippen LogP contribution in [0.15, 0.2) is 24.3 Å². The first-order valence-corrected chi connectivity index (χ1v) is 5.75. The van der Waals surface area contributed by atoms with Crippen LogP contribution < -0.4 is 4.74 Å². The second-order valence-corrected chi connectivity index (χ2v) is 4.09. The lowest BCUT2D eigenvalue weighted by atomic mass is 10.0. The minimum absolute atomic E-state index is 0.137. The minimum atomic E-state index is -0.137. The fourth-order valence-electron chi connectivity index (χ4n) is 1.29. The van der Waals surface area contributed by atoms with E-state index in [0.29, 0.717) is 16.4 Å². The zero-order chi connectivity index (χ0) is 10.6. The molecular weight excluding hydrogens is 192 g/mol. The van der Waals surface area contributed by atoms with E-state index in [-0.39, 0.29) is 6.29 Å². The maximum absolute atomic E-state index is 5.67. The van der Waals surface area contributed by atoms with Crippen LogP contribution in [0, 0.1) is 0 Å².